The molecule has 8 atom stereocenters. The number of aliphatic hydroxyl groups is 4. The van der Waals surface area contributed by atoms with Crippen molar-refractivity contribution in [3.8, 4) is 59.2 Å². The Labute approximate surface area is 322 Å². The van der Waals surface area contributed by atoms with Crippen LogP contribution < -0.4 is 0 Å². The van der Waals surface area contributed by atoms with Gasteiger partial charge in [-0.05, 0) is 60.7 Å². The SMILES string of the molecule is CC#CC#CC#CC#CC#CC(=O)OC[C@H](COP(=O)(O)OC1C(O)[C@@H](O)C(OP(=O)(O)O)[C@@H](O)[C@H]1O)OC(=O)CCCCCCCCCCCCCCC. The monoisotopic (exact) mass is 814 g/mol. The van der Waals surface area contributed by atoms with E-state index < -0.39 is 83.5 Å². The summed E-state index contributed by atoms with van der Waals surface area (Å²) in [5.74, 6) is 21.8. The third-order valence-electron chi connectivity index (χ3n) is 7.89. The summed E-state index contributed by atoms with van der Waals surface area (Å²) < 4.78 is 48.2. The smallest absolute Gasteiger partial charge is 0.456 e. The minimum absolute atomic E-state index is 0.0184. The molecule has 7 N–H and O–H groups in total. The summed E-state index contributed by atoms with van der Waals surface area (Å²) in [7, 11) is -10.7. The molecule has 0 heterocycles. The lowest BCUT2D eigenvalue weighted by Gasteiger charge is -2.43. The third kappa shape index (κ3) is 23.5. The van der Waals surface area contributed by atoms with Gasteiger partial charge in [0.2, 0.25) is 0 Å². The maximum Gasteiger partial charge on any atom is 0.472 e. The van der Waals surface area contributed by atoms with Crippen molar-refractivity contribution >= 4 is 27.6 Å². The topological polar surface area (TPSA) is 256 Å². The Bertz CT molecular complexity index is 1590. The van der Waals surface area contributed by atoms with E-state index in [1.807, 2.05) is 0 Å². The summed E-state index contributed by atoms with van der Waals surface area (Å²) >= 11 is 0. The molecule has 55 heavy (non-hydrogen) atoms. The highest BCUT2D eigenvalue weighted by molar-refractivity contribution is 7.47. The van der Waals surface area contributed by atoms with Gasteiger partial charge in [0.25, 0.3) is 0 Å². The number of phosphoric acid groups is 2. The molecule has 4 unspecified atom stereocenters. The minimum Gasteiger partial charge on any atom is -0.456 e. The zero-order valence-electron chi connectivity index (χ0n) is 31.1. The van der Waals surface area contributed by atoms with Crippen molar-refractivity contribution in [1.29, 1.82) is 0 Å². The predicted molar refractivity (Wildman–Crippen MR) is 197 cm³/mol. The number of hydrogen-bond acceptors (Lipinski definition) is 13. The van der Waals surface area contributed by atoms with E-state index in [9.17, 15) is 44.0 Å². The van der Waals surface area contributed by atoms with Gasteiger partial charge in [0.1, 0.15) is 43.2 Å². The van der Waals surface area contributed by atoms with Gasteiger partial charge in [-0.1, -0.05) is 89.9 Å². The standard InChI is InChI=1S/C37H52O16P2/c1-3-5-7-9-11-13-14-15-16-18-20-22-24-26-31(39)51-29(27-49-30(38)25-23-21-19-17-12-10-8-6-4-2)28-50-55(47,48)53-37-34(42)32(40)36(33(41)35(37)43)52-54(44,45)46/h29,32-37,40-43H,3,5,7,9,11,13-16,18,20,22,24,26-28H2,1-2H3,(H,47,48)(H2,44,45,46)/t29-,32-,33+,34?,35-,36?,37?/m1/s1. The van der Waals surface area contributed by atoms with E-state index >= 15 is 0 Å². The molecule has 1 saturated carbocycles. The van der Waals surface area contributed by atoms with Crippen molar-refractivity contribution in [2.75, 3.05) is 13.2 Å². The second-order valence-corrected chi connectivity index (χ2v) is 15.0. The van der Waals surface area contributed by atoms with Gasteiger partial charge in [0.05, 0.1) is 6.61 Å². The van der Waals surface area contributed by atoms with Crippen LogP contribution >= 0.6 is 15.6 Å². The molecular weight excluding hydrogens is 762 g/mol. The molecule has 0 spiro atoms. The van der Waals surface area contributed by atoms with Crippen LogP contribution in [0.15, 0.2) is 0 Å². The first-order valence-corrected chi connectivity index (χ1v) is 21.0. The first-order valence-electron chi connectivity index (χ1n) is 18.0. The highest BCUT2D eigenvalue weighted by Gasteiger charge is 2.54. The van der Waals surface area contributed by atoms with Gasteiger partial charge in [0, 0.05) is 12.3 Å². The lowest BCUT2D eigenvalue weighted by molar-refractivity contribution is -0.216. The zero-order chi connectivity index (χ0) is 41.1. The Balaban J connectivity index is 2.78. The molecular formula is C37H52O16P2. The fourth-order valence-corrected chi connectivity index (χ4v) is 6.68. The third-order valence-corrected chi connectivity index (χ3v) is 9.40. The highest BCUT2D eigenvalue weighted by Crippen LogP contribution is 2.48. The van der Waals surface area contributed by atoms with Crippen LogP contribution in [0.3, 0.4) is 0 Å². The van der Waals surface area contributed by atoms with Crippen LogP contribution in [0.4, 0.5) is 0 Å². The van der Waals surface area contributed by atoms with Crippen LogP contribution in [0.25, 0.3) is 0 Å². The van der Waals surface area contributed by atoms with Crippen molar-refractivity contribution in [2.24, 2.45) is 0 Å². The summed E-state index contributed by atoms with van der Waals surface area (Å²) in [6, 6.07) is 0. The van der Waals surface area contributed by atoms with Crippen LogP contribution in [-0.2, 0) is 41.8 Å². The highest BCUT2D eigenvalue weighted by atomic mass is 31.2. The first kappa shape index (κ1) is 49.8. The summed E-state index contributed by atoms with van der Waals surface area (Å²) in [6.45, 7) is 2.18. The van der Waals surface area contributed by atoms with Crippen molar-refractivity contribution in [2.45, 2.75) is 146 Å². The van der Waals surface area contributed by atoms with Gasteiger partial charge < -0.3 is 44.6 Å². The van der Waals surface area contributed by atoms with Gasteiger partial charge in [0.15, 0.2) is 6.10 Å². The summed E-state index contributed by atoms with van der Waals surface area (Å²) in [5, 5.41) is 41.1. The fourth-order valence-electron chi connectivity index (χ4n) is 5.14. The number of aliphatic hydroxyl groups excluding tert-OH is 4. The van der Waals surface area contributed by atoms with E-state index in [1.165, 1.54) is 44.9 Å². The predicted octanol–water partition coefficient (Wildman–Crippen LogP) is 2.40. The Hall–Kier alpha value is -3.20. The van der Waals surface area contributed by atoms with Crippen LogP contribution in [0, 0.1) is 59.2 Å². The quantitative estimate of drug-likeness (QED) is 0.0243. The van der Waals surface area contributed by atoms with Crippen LogP contribution in [-0.4, -0.2) is 103 Å². The Morgan fingerprint density at radius 2 is 1.05 bits per heavy atom. The number of unbranched alkanes of at least 4 members (excludes halogenated alkanes) is 12. The van der Waals surface area contributed by atoms with E-state index in [1.54, 1.807) is 6.92 Å². The van der Waals surface area contributed by atoms with E-state index in [0.717, 1.165) is 32.1 Å². The average molecular weight is 815 g/mol. The van der Waals surface area contributed by atoms with Gasteiger partial charge in [-0.15, -0.1) is 0 Å². The molecule has 0 bridgehead atoms. The minimum atomic E-state index is -5.33. The molecule has 18 heteroatoms. The molecule has 0 amide bonds. The Kier molecular flexibility index (Phi) is 25.6. The molecule has 16 nitrogen and oxygen atoms in total. The second-order valence-electron chi connectivity index (χ2n) is 12.4. The molecule has 1 fully saturated rings. The lowest BCUT2D eigenvalue weighted by atomic mass is 9.85. The normalized spacial score (nSPS) is 21.8. The number of carbonyl (C=O) groups excluding carboxylic acids is 2. The number of rotatable bonds is 24. The fraction of sp³-hybridized carbons (Fsp3) is 0.676. The van der Waals surface area contributed by atoms with Crippen molar-refractivity contribution in [1.82, 2.24) is 0 Å². The molecule has 0 radical (unpaired) electrons. The van der Waals surface area contributed by atoms with Gasteiger partial charge in [-0.2, -0.15) is 0 Å². The van der Waals surface area contributed by atoms with Crippen molar-refractivity contribution in [3.63, 3.8) is 0 Å². The van der Waals surface area contributed by atoms with Gasteiger partial charge >= 0.3 is 27.6 Å². The largest absolute Gasteiger partial charge is 0.472 e. The maximum absolute atomic E-state index is 12.8. The molecule has 1 aliphatic rings. The Morgan fingerprint density at radius 3 is 1.53 bits per heavy atom. The molecule has 306 valence electrons. The number of ether oxygens (including phenoxy) is 2. The van der Waals surface area contributed by atoms with Crippen molar-refractivity contribution < 1.29 is 76.9 Å². The zero-order valence-corrected chi connectivity index (χ0v) is 32.8. The van der Waals surface area contributed by atoms with E-state index in [0.29, 0.717) is 6.42 Å². The average Bonchev–Trinajstić information content (AvgIpc) is 3.13. The number of hydrogen-bond donors (Lipinski definition) is 7. The summed E-state index contributed by atoms with van der Waals surface area (Å²) in [4.78, 5) is 53.1. The van der Waals surface area contributed by atoms with E-state index in [2.05, 4.69) is 70.7 Å². The number of phosphoric ester groups is 2. The molecule has 0 aromatic rings. The molecule has 1 aliphatic carbocycles. The van der Waals surface area contributed by atoms with Crippen LogP contribution in [0.2, 0.25) is 0 Å². The molecule has 0 aromatic carbocycles. The molecule has 0 aromatic heterocycles. The molecule has 0 saturated heterocycles. The van der Waals surface area contributed by atoms with Crippen LogP contribution in [0.5, 0.6) is 0 Å². The first-order chi connectivity index (χ1) is 26.1. The lowest BCUT2D eigenvalue weighted by Crippen LogP contribution is -2.64. The van der Waals surface area contributed by atoms with Crippen LogP contribution in [0.1, 0.15) is 104 Å². The van der Waals surface area contributed by atoms with Gasteiger partial charge in [-0.25, -0.2) is 13.9 Å². The summed E-state index contributed by atoms with van der Waals surface area (Å²) in [6.07, 6.45) is -0.915. The number of esters is 2. The number of carbonyl (C=O) groups is 2. The van der Waals surface area contributed by atoms with E-state index in [-0.39, 0.29) is 6.42 Å². The summed E-state index contributed by atoms with van der Waals surface area (Å²) in [5.41, 5.74) is 0. The van der Waals surface area contributed by atoms with Gasteiger partial charge in [-0.3, -0.25) is 18.4 Å². The van der Waals surface area contributed by atoms with Crippen molar-refractivity contribution in [3.05, 3.63) is 0 Å². The molecule has 1 rings (SSSR count). The maximum atomic E-state index is 12.8. The van der Waals surface area contributed by atoms with E-state index in [4.69, 9.17) is 28.3 Å². The molecule has 0 aliphatic heterocycles. The second kappa shape index (κ2) is 28.2. The Morgan fingerprint density at radius 1 is 0.618 bits per heavy atom.